The van der Waals surface area contributed by atoms with E-state index in [2.05, 4.69) is 20.6 Å². The molecule has 1 aromatic rings. The average molecular weight is 250 g/mol. The van der Waals surface area contributed by atoms with Gasteiger partial charge in [-0.15, -0.1) is 0 Å². The number of methoxy groups -OCH3 is 1. The van der Waals surface area contributed by atoms with Crippen LogP contribution in [0.5, 0.6) is 0 Å². The summed E-state index contributed by atoms with van der Waals surface area (Å²) >= 11 is 0. The van der Waals surface area contributed by atoms with Crippen molar-refractivity contribution in [1.82, 2.24) is 15.6 Å². The number of nitrogens with zero attached hydrogens (tertiary/aromatic N) is 2. The van der Waals surface area contributed by atoms with Crippen molar-refractivity contribution in [2.24, 2.45) is 4.99 Å². The van der Waals surface area contributed by atoms with Crippen molar-refractivity contribution >= 4 is 5.96 Å². The molecule has 0 saturated heterocycles. The highest BCUT2D eigenvalue weighted by Crippen LogP contribution is 2.03. The van der Waals surface area contributed by atoms with Crippen LogP contribution in [0.4, 0.5) is 0 Å². The van der Waals surface area contributed by atoms with Gasteiger partial charge in [-0.2, -0.15) is 0 Å². The molecular formula is C13H22N4O. The Hall–Kier alpha value is -1.62. The van der Waals surface area contributed by atoms with Gasteiger partial charge in [0.1, 0.15) is 0 Å². The number of aliphatic imine (C=N–C) groups is 1. The third-order valence-corrected chi connectivity index (χ3v) is 2.45. The predicted octanol–water partition coefficient (Wildman–Crippen LogP) is 1.09. The Kier molecular flexibility index (Phi) is 6.79. The third-order valence-electron chi connectivity index (χ3n) is 2.45. The van der Waals surface area contributed by atoms with E-state index in [4.69, 9.17) is 4.74 Å². The van der Waals surface area contributed by atoms with Gasteiger partial charge < -0.3 is 15.4 Å². The highest BCUT2D eigenvalue weighted by molar-refractivity contribution is 5.79. The minimum atomic E-state index is 0.578. The zero-order chi connectivity index (χ0) is 13.2. The first kappa shape index (κ1) is 14.4. The number of nitrogens with one attached hydrogen (secondary N) is 2. The molecule has 1 heterocycles. The van der Waals surface area contributed by atoms with Crippen LogP contribution in [-0.4, -0.2) is 37.7 Å². The molecule has 0 aliphatic heterocycles. The molecule has 0 saturated carbocycles. The molecule has 0 radical (unpaired) electrons. The molecule has 18 heavy (non-hydrogen) atoms. The quantitative estimate of drug-likeness (QED) is 0.451. The molecule has 0 aliphatic rings. The molecule has 0 fully saturated rings. The number of hydrogen-bond donors (Lipinski definition) is 2. The summed E-state index contributed by atoms with van der Waals surface area (Å²) in [6.45, 7) is 6.90. The summed E-state index contributed by atoms with van der Waals surface area (Å²) in [5.41, 5.74) is 2.16. The molecule has 0 spiro atoms. The van der Waals surface area contributed by atoms with E-state index < -0.39 is 0 Å². The van der Waals surface area contributed by atoms with Crippen LogP contribution < -0.4 is 10.6 Å². The monoisotopic (exact) mass is 250 g/mol. The first-order chi connectivity index (χ1) is 8.77. The predicted molar refractivity (Wildman–Crippen MR) is 73.7 cm³/mol. The summed E-state index contributed by atoms with van der Waals surface area (Å²) in [4.78, 5) is 8.81. The zero-order valence-corrected chi connectivity index (χ0v) is 11.4. The van der Waals surface area contributed by atoms with Gasteiger partial charge in [-0.05, 0) is 25.5 Å². The normalized spacial score (nSPS) is 11.4. The number of aryl methyl sites for hydroxylation is 1. The number of pyridine rings is 1. The van der Waals surface area contributed by atoms with E-state index in [-0.39, 0.29) is 0 Å². The number of hydrogen-bond acceptors (Lipinski definition) is 3. The van der Waals surface area contributed by atoms with Crippen LogP contribution >= 0.6 is 0 Å². The zero-order valence-electron chi connectivity index (χ0n) is 11.4. The lowest BCUT2D eigenvalue weighted by Gasteiger charge is -2.10. The highest BCUT2D eigenvalue weighted by Gasteiger charge is 1.99. The van der Waals surface area contributed by atoms with Gasteiger partial charge in [-0.25, -0.2) is 4.99 Å². The SMILES string of the molecule is CCNC(=NCc1ncccc1C)NCCOC. The summed E-state index contributed by atoms with van der Waals surface area (Å²) < 4.78 is 4.99. The molecule has 1 rings (SSSR count). The van der Waals surface area contributed by atoms with Crippen LogP contribution in [0.3, 0.4) is 0 Å². The van der Waals surface area contributed by atoms with Gasteiger partial charge in [0, 0.05) is 26.4 Å². The van der Waals surface area contributed by atoms with Crippen LogP contribution in [0.2, 0.25) is 0 Å². The molecule has 5 nitrogen and oxygen atoms in total. The lowest BCUT2D eigenvalue weighted by molar-refractivity contribution is 0.203. The molecule has 1 aromatic heterocycles. The van der Waals surface area contributed by atoms with Gasteiger partial charge in [0.25, 0.3) is 0 Å². The Balaban J connectivity index is 2.56. The van der Waals surface area contributed by atoms with E-state index in [0.717, 1.165) is 30.3 Å². The van der Waals surface area contributed by atoms with E-state index in [1.807, 2.05) is 26.0 Å². The van der Waals surface area contributed by atoms with Crippen molar-refractivity contribution in [3.05, 3.63) is 29.6 Å². The maximum Gasteiger partial charge on any atom is 0.191 e. The Morgan fingerprint density at radius 2 is 2.28 bits per heavy atom. The molecule has 100 valence electrons. The van der Waals surface area contributed by atoms with Crippen LogP contribution in [0.15, 0.2) is 23.3 Å². The fourth-order valence-corrected chi connectivity index (χ4v) is 1.45. The molecule has 0 bridgehead atoms. The Bertz CT molecular complexity index is 379. The molecule has 5 heteroatoms. The van der Waals surface area contributed by atoms with Crippen molar-refractivity contribution in [2.45, 2.75) is 20.4 Å². The van der Waals surface area contributed by atoms with Crippen molar-refractivity contribution < 1.29 is 4.74 Å². The molecule has 0 aliphatic carbocycles. The number of ether oxygens (including phenoxy) is 1. The average Bonchev–Trinajstić information content (AvgIpc) is 2.38. The van der Waals surface area contributed by atoms with Crippen molar-refractivity contribution in [3.8, 4) is 0 Å². The van der Waals surface area contributed by atoms with E-state index in [9.17, 15) is 0 Å². The van der Waals surface area contributed by atoms with Crippen molar-refractivity contribution in [3.63, 3.8) is 0 Å². The summed E-state index contributed by atoms with van der Waals surface area (Å²) in [5.74, 6) is 0.791. The Morgan fingerprint density at radius 3 is 2.94 bits per heavy atom. The van der Waals surface area contributed by atoms with Gasteiger partial charge in [0.2, 0.25) is 0 Å². The summed E-state index contributed by atoms with van der Waals surface area (Å²) in [6.07, 6.45) is 1.79. The van der Waals surface area contributed by atoms with Gasteiger partial charge >= 0.3 is 0 Å². The molecule has 2 N–H and O–H groups in total. The minimum Gasteiger partial charge on any atom is -0.383 e. The smallest absolute Gasteiger partial charge is 0.191 e. The van der Waals surface area contributed by atoms with E-state index in [1.165, 1.54) is 0 Å². The number of aromatic nitrogens is 1. The maximum absolute atomic E-state index is 4.99. The summed E-state index contributed by atoms with van der Waals surface area (Å²) in [6, 6.07) is 3.98. The molecule has 0 atom stereocenters. The third kappa shape index (κ3) is 5.14. The maximum atomic E-state index is 4.99. The van der Waals surface area contributed by atoms with E-state index >= 15 is 0 Å². The Labute approximate surface area is 109 Å². The number of guanidine groups is 1. The van der Waals surface area contributed by atoms with Gasteiger partial charge in [-0.1, -0.05) is 6.07 Å². The van der Waals surface area contributed by atoms with Crippen LogP contribution in [0, 0.1) is 6.92 Å². The molecular weight excluding hydrogens is 228 g/mol. The van der Waals surface area contributed by atoms with E-state index in [1.54, 1.807) is 13.3 Å². The van der Waals surface area contributed by atoms with E-state index in [0.29, 0.717) is 13.2 Å². The van der Waals surface area contributed by atoms with Gasteiger partial charge in [0.05, 0.1) is 18.8 Å². The molecule has 0 unspecified atom stereocenters. The number of rotatable bonds is 6. The lowest BCUT2D eigenvalue weighted by atomic mass is 10.2. The Morgan fingerprint density at radius 1 is 1.44 bits per heavy atom. The van der Waals surface area contributed by atoms with Crippen molar-refractivity contribution in [1.29, 1.82) is 0 Å². The minimum absolute atomic E-state index is 0.578. The van der Waals surface area contributed by atoms with Crippen molar-refractivity contribution in [2.75, 3.05) is 26.8 Å². The fourth-order valence-electron chi connectivity index (χ4n) is 1.45. The van der Waals surface area contributed by atoms with Crippen LogP contribution in [0.1, 0.15) is 18.2 Å². The lowest BCUT2D eigenvalue weighted by Crippen LogP contribution is -2.38. The molecule has 0 amide bonds. The first-order valence-corrected chi connectivity index (χ1v) is 6.19. The molecule has 0 aromatic carbocycles. The second-order valence-electron chi connectivity index (χ2n) is 3.88. The van der Waals surface area contributed by atoms with Gasteiger partial charge in [0.15, 0.2) is 5.96 Å². The van der Waals surface area contributed by atoms with Gasteiger partial charge in [-0.3, -0.25) is 4.98 Å². The van der Waals surface area contributed by atoms with Crippen LogP contribution in [-0.2, 0) is 11.3 Å². The fraction of sp³-hybridized carbons (Fsp3) is 0.538. The standard InChI is InChI=1S/C13H22N4O/c1-4-14-13(16-8-9-18-3)17-10-12-11(2)6-5-7-15-12/h5-7H,4,8-10H2,1-3H3,(H2,14,16,17). The summed E-state index contributed by atoms with van der Waals surface area (Å²) in [7, 11) is 1.68. The first-order valence-electron chi connectivity index (χ1n) is 6.19. The highest BCUT2D eigenvalue weighted by atomic mass is 16.5. The second-order valence-corrected chi connectivity index (χ2v) is 3.88. The van der Waals surface area contributed by atoms with Crippen LogP contribution in [0.25, 0.3) is 0 Å². The summed E-state index contributed by atoms with van der Waals surface area (Å²) in [5, 5.41) is 6.38. The largest absolute Gasteiger partial charge is 0.383 e. The second kappa shape index (κ2) is 8.47. The topological polar surface area (TPSA) is 58.5 Å².